The van der Waals surface area contributed by atoms with E-state index < -0.39 is 5.97 Å². The summed E-state index contributed by atoms with van der Waals surface area (Å²) in [5.74, 6) is -0.893. The SMILES string of the molecule is CN(C)C(=O)Nc1cccc(CC(=O)O)c1.CNC(=O)N(C)C. The smallest absolute Gasteiger partial charge is 0.321 e. The molecule has 0 unspecified atom stereocenters. The molecule has 0 bridgehead atoms. The molecular formula is C15H24N4O4. The third-order valence-corrected chi connectivity index (χ3v) is 2.56. The molecule has 0 aromatic heterocycles. The minimum Gasteiger partial charge on any atom is -0.481 e. The fraction of sp³-hybridized carbons (Fsp3) is 0.400. The van der Waals surface area contributed by atoms with E-state index in [1.807, 2.05) is 0 Å². The largest absolute Gasteiger partial charge is 0.481 e. The van der Waals surface area contributed by atoms with Crippen molar-refractivity contribution in [2.75, 3.05) is 40.6 Å². The van der Waals surface area contributed by atoms with E-state index in [0.29, 0.717) is 11.3 Å². The number of anilines is 1. The Morgan fingerprint density at radius 3 is 2.00 bits per heavy atom. The summed E-state index contributed by atoms with van der Waals surface area (Å²) >= 11 is 0. The molecular weight excluding hydrogens is 300 g/mol. The van der Waals surface area contributed by atoms with E-state index >= 15 is 0 Å². The van der Waals surface area contributed by atoms with Crippen LogP contribution in [-0.2, 0) is 11.2 Å². The molecule has 0 heterocycles. The number of carboxylic acids is 1. The van der Waals surface area contributed by atoms with Crippen molar-refractivity contribution in [3.63, 3.8) is 0 Å². The summed E-state index contributed by atoms with van der Waals surface area (Å²) in [6, 6.07) is 6.47. The number of carbonyl (C=O) groups excluding carboxylic acids is 2. The van der Waals surface area contributed by atoms with Gasteiger partial charge in [-0.15, -0.1) is 0 Å². The summed E-state index contributed by atoms with van der Waals surface area (Å²) in [5, 5.41) is 13.7. The molecule has 0 atom stereocenters. The van der Waals surface area contributed by atoms with Crippen LogP contribution >= 0.6 is 0 Å². The van der Waals surface area contributed by atoms with Gasteiger partial charge in [0.15, 0.2) is 0 Å². The van der Waals surface area contributed by atoms with Crippen molar-refractivity contribution in [3.05, 3.63) is 29.8 Å². The third kappa shape index (κ3) is 8.97. The Balaban J connectivity index is 0.000000585. The molecule has 4 amide bonds. The second-order valence-corrected chi connectivity index (χ2v) is 5.05. The number of hydrogen-bond donors (Lipinski definition) is 3. The lowest BCUT2D eigenvalue weighted by Gasteiger charge is -2.12. The highest BCUT2D eigenvalue weighted by Crippen LogP contribution is 2.11. The average molecular weight is 324 g/mol. The van der Waals surface area contributed by atoms with Crippen LogP contribution in [0.15, 0.2) is 24.3 Å². The van der Waals surface area contributed by atoms with Crippen LogP contribution in [0.25, 0.3) is 0 Å². The van der Waals surface area contributed by atoms with Crippen LogP contribution in [0.2, 0.25) is 0 Å². The van der Waals surface area contributed by atoms with Gasteiger partial charge in [-0.25, -0.2) is 9.59 Å². The first-order valence-electron chi connectivity index (χ1n) is 6.85. The van der Waals surface area contributed by atoms with Crippen molar-refractivity contribution in [3.8, 4) is 0 Å². The fourth-order valence-corrected chi connectivity index (χ4v) is 1.39. The topological polar surface area (TPSA) is 102 Å². The molecule has 0 saturated carbocycles. The summed E-state index contributed by atoms with van der Waals surface area (Å²) in [4.78, 5) is 35.1. The van der Waals surface area contributed by atoms with Gasteiger partial charge in [-0.2, -0.15) is 0 Å². The van der Waals surface area contributed by atoms with Crippen LogP contribution in [0, 0.1) is 0 Å². The van der Waals surface area contributed by atoms with E-state index in [0.717, 1.165) is 0 Å². The van der Waals surface area contributed by atoms with Gasteiger partial charge in [0.2, 0.25) is 0 Å². The summed E-state index contributed by atoms with van der Waals surface area (Å²) in [7, 11) is 8.26. The second-order valence-electron chi connectivity index (χ2n) is 5.05. The molecule has 23 heavy (non-hydrogen) atoms. The molecule has 1 aromatic carbocycles. The summed E-state index contributed by atoms with van der Waals surface area (Å²) in [6.45, 7) is 0. The minimum atomic E-state index is -0.893. The quantitative estimate of drug-likeness (QED) is 0.780. The average Bonchev–Trinajstić information content (AvgIpc) is 2.46. The number of nitrogens with zero attached hydrogens (tertiary/aromatic N) is 2. The lowest BCUT2D eigenvalue weighted by Crippen LogP contribution is -2.31. The number of carbonyl (C=O) groups is 3. The monoisotopic (exact) mass is 324 g/mol. The molecule has 0 fully saturated rings. The van der Waals surface area contributed by atoms with E-state index in [4.69, 9.17) is 5.11 Å². The number of hydrogen-bond acceptors (Lipinski definition) is 3. The van der Waals surface area contributed by atoms with Crippen molar-refractivity contribution in [2.24, 2.45) is 0 Å². The highest BCUT2D eigenvalue weighted by molar-refractivity contribution is 5.89. The van der Waals surface area contributed by atoms with Crippen LogP contribution in [0.4, 0.5) is 15.3 Å². The number of rotatable bonds is 3. The molecule has 0 spiro atoms. The second kappa shape index (κ2) is 10.0. The van der Waals surface area contributed by atoms with E-state index in [2.05, 4.69) is 10.6 Å². The summed E-state index contributed by atoms with van der Waals surface area (Å²) < 4.78 is 0. The van der Waals surface area contributed by atoms with E-state index in [1.165, 1.54) is 9.80 Å². The Labute approximate surface area is 136 Å². The van der Waals surface area contributed by atoms with Crippen LogP contribution in [0.5, 0.6) is 0 Å². The van der Waals surface area contributed by atoms with Gasteiger partial charge in [0.1, 0.15) is 0 Å². The van der Waals surface area contributed by atoms with Crippen LogP contribution in [0.1, 0.15) is 5.56 Å². The summed E-state index contributed by atoms with van der Waals surface area (Å²) in [5.41, 5.74) is 1.25. The van der Waals surface area contributed by atoms with Crippen molar-refractivity contribution >= 4 is 23.7 Å². The first-order valence-corrected chi connectivity index (χ1v) is 6.85. The zero-order valence-corrected chi connectivity index (χ0v) is 14.1. The molecule has 1 aromatic rings. The minimum absolute atomic E-state index is 0.0499. The number of urea groups is 2. The summed E-state index contributed by atoms with van der Waals surface area (Å²) in [6.07, 6.45) is -0.0499. The zero-order valence-electron chi connectivity index (χ0n) is 14.1. The number of benzene rings is 1. The molecule has 0 aliphatic carbocycles. The molecule has 0 aliphatic rings. The van der Waals surface area contributed by atoms with Gasteiger partial charge in [0, 0.05) is 40.9 Å². The van der Waals surface area contributed by atoms with Crippen molar-refractivity contribution in [1.29, 1.82) is 0 Å². The van der Waals surface area contributed by atoms with E-state index in [1.54, 1.807) is 59.5 Å². The standard InChI is InChI=1S/C11H14N2O3.C4H10N2O/c1-13(2)11(16)12-9-5-3-4-8(6-9)7-10(14)15;1-5-4(7)6(2)3/h3-6H,7H2,1-2H3,(H,12,16)(H,14,15);1-3H3,(H,5,7). The highest BCUT2D eigenvalue weighted by Gasteiger charge is 2.05. The van der Waals surface area contributed by atoms with Crippen molar-refractivity contribution in [2.45, 2.75) is 6.42 Å². The molecule has 0 aliphatic heterocycles. The van der Waals surface area contributed by atoms with Gasteiger partial charge in [-0.3, -0.25) is 4.79 Å². The number of nitrogens with one attached hydrogen (secondary N) is 2. The van der Waals surface area contributed by atoms with Gasteiger partial charge >= 0.3 is 18.0 Å². The van der Waals surface area contributed by atoms with Crippen molar-refractivity contribution in [1.82, 2.24) is 15.1 Å². The maximum absolute atomic E-state index is 11.3. The normalized spacial score (nSPS) is 9.09. The van der Waals surface area contributed by atoms with E-state index in [-0.39, 0.29) is 18.5 Å². The van der Waals surface area contributed by atoms with Crippen LogP contribution in [-0.4, -0.2) is 68.2 Å². The number of carboxylic acid groups (broad SMARTS) is 1. The maximum atomic E-state index is 11.3. The predicted octanol–water partition coefficient (Wildman–Crippen LogP) is 1.29. The highest BCUT2D eigenvalue weighted by atomic mass is 16.4. The van der Waals surface area contributed by atoms with Crippen molar-refractivity contribution < 1.29 is 19.5 Å². The lowest BCUT2D eigenvalue weighted by atomic mass is 10.1. The van der Waals surface area contributed by atoms with Crippen LogP contribution < -0.4 is 10.6 Å². The Morgan fingerprint density at radius 2 is 1.61 bits per heavy atom. The first-order chi connectivity index (χ1) is 10.7. The Kier molecular flexibility index (Phi) is 8.83. The Bertz CT molecular complexity index is 544. The van der Waals surface area contributed by atoms with Gasteiger partial charge in [0.25, 0.3) is 0 Å². The van der Waals surface area contributed by atoms with Gasteiger partial charge in [0.05, 0.1) is 6.42 Å². The Hall–Kier alpha value is -2.77. The van der Waals surface area contributed by atoms with Gasteiger partial charge < -0.3 is 25.5 Å². The van der Waals surface area contributed by atoms with Gasteiger partial charge in [-0.05, 0) is 17.7 Å². The molecule has 8 heteroatoms. The Morgan fingerprint density at radius 1 is 1.04 bits per heavy atom. The number of amides is 4. The fourth-order valence-electron chi connectivity index (χ4n) is 1.39. The third-order valence-electron chi connectivity index (χ3n) is 2.56. The molecule has 0 saturated heterocycles. The molecule has 128 valence electrons. The predicted molar refractivity (Wildman–Crippen MR) is 88.6 cm³/mol. The van der Waals surface area contributed by atoms with E-state index in [9.17, 15) is 14.4 Å². The maximum Gasteiger partial charge on any atom is 0.321 e. The van der Waals surface area contributed by atoms with Gasteiger partial charge in [-0.1, -0.05) is 12.1 Å². The lowest BCUT2D eigenvalue weighted by molar-refractivity contribution is -0.136. The molecule has 8 nitrogen and oxygen atoms in total. The molecule has 0 radical (unpaired) electrons. The van der Waals surface area contributed by atoms with Crippen LogP contribution in [0.3, 0.4) is 0 Å². The zero-order chi connectivity index (χ0) is 18.0. The molecule has 1 rings (SSSR count). The number of aliphatic carboxylic acids is 1. The molecule has 3 N–H and O–H groups in total. The first kappa shape index (κ1) is 20.2.